The van der Waals surface area contributed by atoms with Crippen LogP contribution in [0.25, 0.3) is 0 Å². The molecule has 0 aliphatic carbocycles. The summed E-state index contributed by atoms with van der Waals surface area (Å²) in [5, 5.41) is 0.626. The zero-order chi connectivity index (χ0) is 8.27. The summed E-state index contributed by atoms with van der Waals surface area (Å²) in [6.45, 7) is 3.05. The number of methoxy groups -OCH3 is 1. The van der Waals surface area contributed by atoms with Gasteiger partial charge in [0.15, 0.2) is 0 Å². The van der Waals surface area contributed by atoms with Crippen molar-refractivity contribution in [1.29, 1.82) is 0 Å². The van der Waals surface area contributed by atoms with E-state index in [9.17, 15) is 0 Å². The minimum atomic E-state index is 0.385. The van der Waals surface area contributed by atoms with Crippen LogP contribution >= 0.6 is 0 Å². The van der Waals surface area contributed by atoms with Gasteiger partial charge < -0.3 is 0 Å². The molecule has 0 bridgehead atoms. The number of hydrogen-bond donors (Lipinski definition) is 0. The summed E-state index contributed by atoms with van der Waals surface area (Å²) in [5.41, 5.74) is 0. The van der Waals surface area contributed by atoms with Gasteiger partial charge in [-0.1, -0.05) is 0 Å². The Labute approximate surface area is 101 Å². The van der Waals surface area contributed by atoms with E-state index in [1.165, 1.54) is 6.42 Å². The molecule has 0 aromatic carbocycles. The maximum atomic E-state index is 5.81. The molecule has 2 unspecified atom stereocenters. The van der Waals surface area contributed by atoms with Crippen LogP contribution in [0.4, 0.5) is 0 Å². The fraction of sp³-hybridized carbons (Fsp3) is 1.00. The van der Waals surface area contributed by atoms with E-state index < -0.39 is 0 Å². The molecule has 61 valence electrons. The molecular formula is C7H13BaO2Se. The maximum absolute atomic E-state index is 5.81. The Bertz CT molecular complexity index is 123. The van der Waals surface area contributed by atoms with E-state index in [0.717, 1.165) is 55.9 Å². The van der Waals surface area contributed by atoms with Gasteiger partial charge in [-0.05, 0) is 0 Å². The van der Waals surface area contributed by atoms with Gasteiger partial charge in [-0.15, -0.1) is 0 Å². The van der Waals surface area contributed by atoms with E-state index in [1.807, 2.05) is 0 Å². The van der Waals surface area contributed by atoms with Crippen LogP contribution in [0, 0.1) is 5.92 Å². The molecule has 0 spiro atoms. The molecule has 0 aromatic rings. The monoisotopic (exact) mass is 347 g/mol. The van der Waals surface area contributed by atoms with Gasteiger partial charge in [-0.3, -0.25) is 0 Å². The summed E-state index contributed by atoms with van der Waals surface area (Å²) in [6, 6.07) is 0. The standard InChI is InChI=1S/C7H14O2Se.Ba/c1-5-3-7(10)9-6(5)4-8-2;/h5-7,10H,3-4H2,1-2H3;/q;+1/p-1/t5?,6-,7?;/m1./s1. The molecule has 2 nitrogen and oxygen atoms in total. The second-order valence-corrected chi connectivity index (χ2v) is 10.2. The summed E-state index contributed by atoms with van der Waals surface area (Å²) in [6.07, 6.45) is 2.49. The van der Waals surface area contributed by atoms with E-state index in [0.29, 0.717) is 17.0 Å². The molecule has 11 heavy (non-hydrogen) atoms. The molecule has 0 amide bonds. The van der Waals surface area contributed by atoms with E-state index in [2.05, 4.69) is 6.92 Å². The van der Waals surface area contributed by atoms with Crippen molar-refractivity contribution in [1.82, 2.24) is 0 Å². The number of ether oxygens (including phenoxy) is 2. The normalized spacial score (nSPS) is 37.7. The summed E-state index contributed by atoms with van der Waals surface area (Å²) in [4.78, 5) is 0. The van der Waals surface area contributed by atoms with E-state index >= 15 is 0 Å². The molecule has 1 radical (unpaired) electrons. The molecule has 1 fully saturated rings. The zero-order valence-electron chi connectivity index (χ0n) is 7.08. The van der Waals surface area contributed by atoms with E-state index in [-0.39, 0.29) is 0 Å². The van der Waals surface area contributed by atoms with Crippen LogP contribution in [0.5, 0.6) is 0 Å². The molecule has 3 atom stereocenters. The summed E-state index contributed by atoms with van der Waals surface area (Å²) in [5.74, 6) is 0.713. The fourth-order valence-corrected chi connectivity index (χ4v) is 6.20. The van der Waals surface area contributed by atoms with Crippen molar-refractivity contribution in [2.75, 3.05) is 13.7 Å². The number of hydrogen-bond acceptors (Lipinski definition) is 2. The predicted molar refractivity (Wildman–Crippen MR) is 45.8 cm³/mol. The van der Waals surface area contributed by atoms with Crippen molar-refractivity contribution in [3.05, 3.63) is 0 Å². The van der Waals surface area contributed by atoms with Gasteiger partial charge in [-0.25, -0.2) is 0 Å². The Balaban J connectivity index is 2.32. The molecule has 0 aromatic heterocycles. The Hall–Kier alpha value is 2.01. The van der Waals surface area contributed by atoms with Crippen molar-refractivity contribution in [3.8, 4) is 0 Å². The van der Waals surface area contributed by atoms with Crippen molar-refractivity contribution in [2.45, 2.75) is 24.5 Å². The first-order chi connectivity index (χ1) is 5.27. The summed E-state index contributed by atoms with van der Waals surface area (Å²) < 4.78 is 10.9. The average Bonchev–Trinajstić information content (AvgIpc) is 2.33. The van der Waals surface area contributed by atoms with Gasteiger partial charge in [-0.2, -0.15) is 0 Å². The van der Waals surface area contributed by atoms with Crippen LogP contribution in [0.15, 0.2) is 0 Å². The third kappa shape index (κ3) is 3.33. The van der Waals surface area contributed by atoms with Gasteiger partial charge in [0.25, 0.3) is 0 Å². The summed E-state index contributed by atoms with van der Waals surface area (Å²) in [7, 11) is 1.75. The third-order valence-corrected chi connectivity index (χ3v) is 9.53. The Kier molecular flexibility index (Phi) is 5.73. The first kappa shape index (κ1) is 11.1. The van der Waals surface area contributed by atoms with Gasteiger partial charge >= 0.3 is 103 Å². The third-order valence-electron chi connectivity index (χ3n) is 2.04. The van der Waals surface area contributed by atoms with E-state index in [1.54, 1.807) is 7.11 Å². The van der Waals surface area contributed by atoms with E-state index in [4.69, 9.17) is 9.47 Å². The second kappa shape index (κ2) is 5.68. The summed E-state index contributed by atoms with van der Waals surface area (Å²) >= 11 is 0.946. The van der Waals surface area contributed by atoms with Crippen molar-refractivity contribution < 1.29 is 9.47 Å². The van der Waals surface area contributed by atoms with Crippen LogP contribution in [0.3, 0.4) is 0 Å². The number of rotatable bonds is 3. The van der Waals surface area contributed by atoms with Gasteiger partial charge in [0.2, 0.25) is 0 Å². The van der Waals surface area contributed by atoms with Crippen LogP contribution in [-0.4, -0.2) is 74.1 Å². The quantitative estimate of drug-likeness (QED) is 0.679. The van der Waals surface area contributed by atoms with Gasteiger partial charge in [0.05, 0.1) is 0 Å². The average molecular weight is 345 g/mol. The van der Waals surface area contributed by atoms with Crippen LogP contribution in [0.1, 0.15) is 13.3 Å². The molecule has 0 saturated carbocycles. The van der Waals surface area contributed by atoms with Crippen molar-refractivity contribution in [2.24, 2.45) is 5.92 Å². The molecule has 1 heterocycles. The van der Waals surface area contributed by atoms with Crippen LogP contribution < -0.4 is 0 Å². The Morgan fingerprint density at radius 1 is 1.73 bits per heavy atom. The van der Waals surface area contributed by atoms with Gasteiger partial charge in [0.1, 0.15) is 0 Å². The fourth-order valence-electron chi connectivity index (χ4n) is 1.32. The first-order valence-electron chi connectivity index (χ1n) is 3.83. The molecule has 1 saturated heterocycles. The van der Waals surface area contributed by atoms with Crippen LogP contribution in [-0.2, 0) is 9.47 Å². The Morgan fingerprint density at radius 3 is 2.91 bits per heavy atom. The molecule has 1 aliphatic rings. The molecule has 1 aliphatic heterocycles. The zero-order valence-corrected chi connectivity index (χ0v) is 13.2. The van der Waals surface area contributed by atoms with Gasteiger partial charge in [0, 0.05) is 0 Å². The topological polar surface area (TPSA) is 18.5 Å². The predicted octanol–water partition coefficient (Wildman–Crippen LogP) is 0.172. The molecular weight excluding hydrogens is 332 g/mol. The molecule has 1 rings (SSSR count). The molecule has 0 N–H and O–H groups in total. The van der Waals surface area contributed by atoms with Crippen molar-refractivity contribution >= 4 is 49.2 Å². The first-order valence-corrected chi connectivity index (χ1v) is 15.4. The Morgan fingerprint density at radius 2 is 2.45 bits per heavy atom. The van der Waals surface area contributed by atoms with Crippen molar-refractivity contribution in [3.63, 3.8) is 0 Å². The minimum absolute atomic E-state index is 0.385. The SMILES string of the molecule is COC[C@H]1OC([Se][Ba])CC1C. The second-order valence-electron chi connectivity index (χ2n) is 2.94. The van der Waals surface area contributed by atoms with Crippen LogP contribution in [0.2, 0.25) is 0 Å². The molecule has 4 heteroatoms.